The molecule has 1 N–H and O–H groups in total. The van der Waals surface area contributed by atoms with Crippen molar-refractivity contribution >= 4 is 16.5 Å². The Labute approximate surface area is 125 Å². The highest BCUT2D eigenvalue weighted by atomic mass is 14.9. The van der Waals surface area contributed by atoms with Crippen LogP contribution in [0.3, 0.4) is 0 Å². The lowest BCUT2D eigenvalue weighted by Gasteiger charge is -2.09. The number of nitrogens with zero attached hydrogens (tertiary/aromatic N) is 1. The Morgan fingerprint density at radius 1 is 0.952 bits per heavy atom. The van der Waals surface area contributed by atoms with Gasteiger partial charge in [0.05, 0.1) is 5.52 Å². The number of aromatic nitrogens is 1. The van der Waals surface area contributed by atoms with Gasteiger partial charge in [-0.25, -0.2) is 0 Å². The molecule has 0 atom stereocenters. The lowest BCUT2D eigenvalue weighted by atomic mass is 10.1. The molecule has 0 aliphatic heterocycles. The Hall–Kier alpha value is -2.45. The van der Waals surface area contributed by atoms with Crippen LogP contribution in [0.1, 0.15) is 11.1 Å². The van der Waals surface area contributed by atoms with Gasteiger partial charge in [-0.1, -0.05) is 61.2 Å². The zero-order valence-corrected chi connectivity index (χ0v) is 11.9. The third-order valence-electron chi connectivity index (χ3n) is 3.55. The third-order valence-corrected chi connectivity index (χ3v) is 3.55. The van der Waals surface area contributed by atoms with Crippen LogP contribution in [0.15, 0.2) is 73.4 Å². The predicted octanol–water partition coefficient (Wildman–Crippen LogP) is 4.04. The molecule has 0 bridgehead atoms. The summed E-state index contributed by atoms with van der Waals surface area (Å²) in [6.07, 6.45) is 1.84. The van der Waals surface area contributed by atoms with Crippen LogP contribution < -0.4 is 5.32 Å². The number of hydrogen-bond donors (Lipinski definition) is 1. The number of fused-ring (bicyclic) bond motifs is 1. The molecule has 0 aliphatic rings. The summed E-state index contributed by atoms with van der Waals surface area (Å²) < 4.78 is 0. The van der Waals surface area contributed by atoms with Gasteiger partial charge in [0, 0.05) is 24.7 Å². The summed E-state index contributed by atoms with van der Waals surface area (Å²) in [6, 6.07) is 20.6. The minimum absolute atomic E-state index is 0.771. The monoisotopic (exact) mass is 274 g/mol. The van der Waals surface area contributed by atoms with Gasteiger partial charge in [-0.2, -0.15) is 0 Å². The van der Waals surface area contributed by atoms with Gasteiger partial charge in [0.25, 0.3) is 0 Å². The molecule has 2 heteroatoms. The number of nitrogens with one attached hydrogen (secondary N) is 1. The highest BCUT2D eigenvalue weighted by Gasteiger charge is 2.02. The molecule has 0 saturated heterocycles. The van der Waals surface area contributed by atoms with E-state index in [0.717, 1.165) is 24.2 Å². The van der Waals surface area contributed by atoms with Crippen LogP contribution in [0.4, 0.5) is 0 Å². The molecule has 2 aromatic carbocycles. The molecule has 0 amide bonds. The molecule has 0 spiro atoms. The van der Waals surface area contributed by atoms with Gasteiger partial charge in [0.1, 0.15) is 0 Å². The Balaban J connectivity index is 1.66. The van der Waals surface area contributed by atoms with E-state index in [1.165, 1.54) is 16.5 Å². The second-order valence-corrected chi connectivity index (χ2v) is 5.07. The normalized spacial score (nSPS) is 10.7. The minimum Gasteiger partial charge on any atom is -0.309 e. The topological polar surface area (TPSA) is 24.9 Å². The van der Waals surface area contributed by atoms with Crippen LogP contribution >= 0.6 is 0 Å². The zero-order chi connectivity index (χ0) is 14.5. The fourth-order valence-electron chi connectivity index (χ4n) is 2.43. The summed E-state index contributed by atoms with van der Waals surface area (Å²) in [5.74, 6) is 0. The van der Waals surface area contributed by atoms with Crippen LogP contribution in [0, 0.1) is 0 Å². The van der Waals surface area contributed by atoms with E-state index >= 15 is 0 Å². The van der Waals surface area contributed by atoms with Crippen LogP contribution in [0.5, 0.6) is 0 Å². The van der Waals surface area contributed by atoms with E-state index in [9.17, 15) is 0 Å². The molecule has 3 rings (SSSR count). The number of rotatable bonds is 5. The SMILES string of the molecule is C=C(CNCc1cccc2cccnc12)c1ccccc1. The van der Waals surface area contributed by atoms with Gasteiger partial charge >= 0.3 is 0 Å². The van der Waals surface area contributed by atoms with Gasteiger partial charge in [0.2, 0.25) is 0 Å². The summed E-state index contributed by atoms with van der Waals surface area (Å²) in [5, 5.41) is 4.63. The highest BCUT2D eigenvalue weighted by molar-refractivity contribution is 5.81. The van der Waals surface area contributed by atoms with E-state index in [1.54, 1.807) is 0 Å². The van der Waals surface area contributed by atoms with Crippen molar-refractivity contribution in [2.75, 3.05) is 6.54 Å². The summed E-state index contributed by atoms with van der Waals surface area (Å²) in [4.78, 5) is 4.47. The minimum atomic E-state index is 0.771. The van der Waals surface area contributed by atoms with E-state index in [0.29, 0.717) is 0 Å². The fourth-order valence-corrected chi connectivity index (χ4v) is 2.43. The molecule has 2 nitrogen and oxygen atoms in total. The molecule has 0 saturated carbocycles. The Bertz CT molecular complexity index is 742. The summed E-state index contributed by atoms with van der Waals surface area (Å²) in [6.45, 7) is 5.70. The first-order valence-electron chi connectivity index (χ1n) is 7.11. The van der Waals surface area contributed by atoms with Crippen molar-refractivity contribution in [3.63, 3.8) is 0 Å². The van der Waals surface area contributed by atoms with E-state index in [4.69, 9.17) is 0 Å². The molecule has 21 heavy (non-hydrogen) atoms. The first-order valence-corrected chi connectivity index (χ1v) is 7.11. The number of para-hydroxylation sites is 1. The number of benzene rings is 2. The van der Waals surface area contributed by atoms with Crippen LogP contribution in [-0.4, -0.2) is 11.5 Å². The van der Waals surface area contributed by atoms with Crippen molar-refractivity contribution in [1.82, 2.24) is 10.3 Å². The van der Waals surface area contributed by atoms with E-state index in [1.807, 2.05) is 30.5 Å². The molecule has 104 valence electrons. The first kappa shape index (κ1) is 13.5. The summed E-state index contributed by atoms with van der Waals surface area (Å²) in [5.41, 5.74) is 4.57. The molecular weight excluding hydrogens is 256 g/mol. The maximum Gasteiger partial charge on any atom is 0.0746 e. The lowest BCUT2D eigenvalue weighted by molar-refractivity contribution is 0.771. The van der Waals surface area contributed by atoms with Crippen LogP contribution in [0.2, 0.25) is 0 Å². The second kappa shape index (κ2) is 6.33. The van der Waals surface area contributed by atoms with Crippen molar-refractivity contribution in [2.24, 2.45) is 0 Å². The second-order valence-electron chi connectivity index (χ2n) is 5.07. The van der Waals surface area contributed by atoms with Crippen molar-refractivity contribution < 1.29 is 0 Å². The average molecular weight is 274 g/mol. The van der Waals surface area contributed by atoms with Crippen LogP contribution in [0.25, 0.3) is 16.5 Å². The van der Waals surface area contributed by atoms with E-state index in [2.05, 4.69) is 53.3 Å². The molecule has 1 heterocycles. The molecule has 0 radical (unpaired) electrons. The zero-order valence-electron chi connectivity index (χ0n) is 11.9. The van der Waals surface area contributed by atoms with Crippen molar-refractivity contribution in [3.05, 3.63) is 84.6 Å². The molecular formula is C19H18N2. The first-order chi connectivity index (χ1) is 10.3. The maximum absolute atomic E-state index is 4.47. The maximum atomic E-state index is 4.47. The van der Waals surface area contributed by atoms with Gasteiger partial charge in [-0.05, 0) is 22.8 Å². The summed E-state index contributed by atoms with van der Waals surface area (Å²) in [7, 11) is 0. The highest BCUT2D eigenvalue weighted by Crippen LogP contribution is 2.16. The fraction of sp³-hybridized carbons (Fsp3) is 0.105. The molecule has 0 aliphatic carbocycles. The molecule has 0 unspecified atom stereocenters. The summed E-state index contributed by atoms with van der Waals surface area (Å²) >= 11 is 0. The van der Waals surface area contributed by atoms with Crippen molar-refractivity contribution in [2.45, 2.75) is 6.54 Å². The smallest absolute Gasteiger partial charge is 0.0746 e. The van der Waals surface area contributed by atoms with Crippen molar-refractivity contribution in [1.29, 1.82) is 0 Å². The Kier molecular flexibility index (Phi) is 4.08. The van der Waals surface area contributed by atoms with Gasteiger partial charge in [-0.3, -0.25) is 4.98 Å². The molecule has 3 aromatic rings. The largest absolute Gasteiger partial charge is 0.309 e. The van der Waals surface area contributed by atoms with Crippen LogP contribution in [-0.2, 0) is 6.54 Å². The third kappa shape index (κ3) is 3.18. The van der Waals surface area contributed by atoms with Crippen molar-refractivity contribution in [3.8, 4) is 0 Å². The molecule has 0 fully saturated rings. The Morgan fingerprint density at radius 3 is 2.62 bits per heavy atom. The quantitative estimate of drug-likeness (QED) is 0.759. The van der Waals surface area contributed by atoms with Gasteiger partial charge in [-0.15, -0.1) is 0 Å². The van der Waals surface area contributed by atoms with Gasteiger partial charge in [0.15, 0.2) is 0 Å². The average Bonchev–Trinajstić information content (AvgIpc) is 2.56. The number of hydrogen-bond acceptors (Lipinski definition) is 2. The lowest BCUT2D eigenvalue weighted by Crippen LogP contribution is -2.16. The molecule has 1 aromatic heterocycles. The number of pyridine rings is 1. The van der Waals surface area contributed by atoms with E-state index < -0.39 is 0 Å². The van der Waals surface area contributed by atoms with E-state index in [-0.39, 0.29) is 0 Å². The standard InChI is InChI=1S/C19H18N2/c1-15(16-7-3-2-4-8-16)13-20-14-18-10-5-9-17-11-6-12-21-19(17)18/h2-12,20H,1,13-14H2. The Morgan fingerprint density at radius 2 is 1.76 bits per heavy atom. The predicted molar refractivity (Wildman–Crippen MR) is 88.9 cm³/mol. The van der Waals surface area contributed by atoms with Gasteiger partial charge < -0.3 is 5.32 Å².